The molecule has 2 aromatic carbocycles. The number of halogens is 1. The van der Waals surface area contributed by atoms with E-state index >= 15 is 0 Å². The molecule has 0 aromatic heterocycles. The minimum absolute atomic E-state index is 0.194. The van der Waals surface area contributed by atoms with Gasteiger partial charge in [-0.3, -0.25) is 5.43 Å². The lowest BCUT2D eigenvalue weighted by Crippen LogP contribution is -2.31. The molecule has 0 amide bonds. The van der Waals surface area contributed by atoms with Crippen LogP contribution in [0.25, 0.3) is 0 Å². The number of hydrogen-bond donors (Lipinski definition) is 2. The van der Waals surface area contributed by atoms with E-state index in [9.17, 15) is 4.39 Å². The van der Waals surface area contributed by atoms with Crippen molar-refractivity contribution in [2.75, 3.05) is 40.4 Å². The van der Waals surface area contributed by atoms with Crippen LogP contribution in [-0.4, -0.2) is 45.3 Å². The topological polar surface area (TPSA) is 45.8 Å². The molecule has 0 bridgehead atoms. The zero-order valence-corrected chi connectivity index (χ0v) is 16.5. The molecule has 2 saturated heterocycles. The summed E-state index contributed by atoms with van der Waals surface area (Å²) in [6.07, 6.45) is 1.11. The molecule has 4 rings (SSSR count). The molecule has 150 valence electrons. The molecule has 2 N–H and O–H groups in total. The SMILES string of the molecule is COc1cccc(C2CCN(CC3CNNC3c3ccc(F)cc3)C2)c1OC. The third-order valence-electron chi connectivity index (χ3n) is 5.96. The van der Waals surface area contributed by atoms with Gasteiger partial charge in [0, 0.05) is 37.0 Å². The Morgan fingerprint density at radius 2 is 1.93 bits per heavy atom. The highest BCUT2D eigenvalue weighted by atomic mass is 19.1. The highest BCUT2D eigenvalue weighted by molar-refractivity contribution is 5.48. The maximum atomic E-state index is 13.3. The summed E-state index contributed by atoms with van der Waals surface area (Å²) in [5, 5.41) is 0. The standard InChI is InChI=1S/C22H28FN3O2/c1-27-20-5-3-4-19(22(20)28-2)16-10-11-26(13-16)14-17-12-24-25-21(17)15-6-8-18(23)9-7-15/h3-9,16-17,21,24-25H,10-14H2,1-2H3. The number of nitrogens with one attached hydrogen (secondary N) is 2. The lowest BCUT2D eigenvalue weighted by atomic mass is 9.94. The Morgan fingerprint density at radius 3 is 2.68 bits per heavy atom. The van der Waals surface area contributed by atoms with Gasteiger partial charge in [-0.05, 0) is 36.7 Å². The predicted molar refractivity (Wildman–Crippen MR) is 107 cm³/mol. The van der Waals surface area contributed by atoms with Crippen molar-refractivity contribution in [3.8, 4) is 11.5 Å². The first-order valence-corrected chi connectivity index (χ1v) is 9.86. The molecule has 2 aromatic rings. The predicted octanol–water partition coefficient (Wildman–Crippen LogP) is 3.10. The summed E-state index contributed by atoms with van der Waals surface area (Å²) in [4.78, 5) is 2.53. The van der Waals surface area contributed by atoms with Crippen LogP contribution in [0.2, 0.25) is 0 Å². The zero-order chi connectivity index (χ0) is 19.5. The second kappa shape index (κ2) is 8.47. The van der Waals surface area contributed by atoms with Crippen molar-refractivity contribution >= 4 is 0 Å². The van der Waals surface area contributed by atoms with Gasteiger partial charge in [0.05, 0.1) is 20.3 Å². The Kier molecular flexibility index (Phi) is 5.80. The minimum Gasteiger partial charge on any atom is -0.493 e. The third-order valence-corrected chi connectivity index (χ3v) is 5.96. The van der Waals surface area contributed by atoms with Crippen molar-refractivity contribution in [3.05, 3.63) is 59.4 Å². The smallest absolute Gasteiger partial charge is 0.164 e. The molecule has 6 heteroatoms. The van der Waals surface area contributed by atoms with Gasteiger partial charge in [0.15, 0.2) is 11.5 Å². The summed E-state index contributed by atoms with van der Waals surface area (Å²) in [5.74, 6) is 2.33. The number of hydrazine groups is 1. The number of likely N-dealkylation sites (tertiary alicyclic amines) is 1. The lowest BCUT2D eigenvalue weighted by Gasteiger charge is -2.25. The van der Waals surface area contributed by atoms with Gasteiger partial charge in [-0.1, -0.05) is 24.3 Å². The molecular weight excluding hydrogens is 357 g/mol. The van der Waals surface area contributed by atoms with Gasteiger partial charge in [-0.25, -0.2) is 9.82 Å². The fourth-order valence-corrected chi connectivity index (χ4v) is 4.55. The highest BCUT2D eigenvalue weighted by Crippen LogP contribution is 2.39. The maximum Gasteiger partial charge on any atom is 0.164 e. The zero-order valence-electron chi connectivity index (χ0n) is 16.5. The van der Waals surface area contributed by atoms with Crippen molar-refractivity contribution in [1.82, 2.24) is 15.8 Å². The molecule has 3 unspecified atom stereocenters. The van der Waals surface area contributed by atoms with E-state index in [0.29, 0.717) is 11.8 Å². The van der Waals surface area contributed by atoms with Gasteiger partial charge < -0.3 is 14.4 Å². The fourth-order valence-electron chi connectivity index (χ4n) is 4.55. The van der Waals surface area contributed by atoms with E-state index in [0.717, 1.165) is 49.7 Å². The number of para-hydroxylation sites is 1. The quantitative estimate of drug-likeness (QED) is 0.800. The van der Waals surface area contributed by atoms with Crippen molar-refractivity contribution in [1.29, 1.82) is 0 Å². The molecule has 2 fully saturated rings. The summed E-state index contributed by atoms with van der Waals surface area (Å²) < 4.78 is 24.4. The van der Waals surface area contributed by atoms with Crippen LogP contribution in [0.1, 0.15) is 29.5 Å². The van der Waals surface area contributed by atoms with Crippen molar-refractivity contribution < 1.29 is 13.9 Å². The first-order valence-electron chi connectivity index (χ1n) is 9.86. The fraction of sp³-hybridized carbons (Fsp3) is 0.455. The van der Waals surface area contributed by atoms with Crippen LogP contribution in [0, 0.1) is 11.7 Å². The molecule has 2 aliphatic rings. The van der Waals surface area contributed by atoms with Crippen LogP contribution in [0.4, 0.5) is 4.39 Å². The summed E-state index contributed by atoms with van der Waals surface area (Å²) in [7, 11) is 3.38. The largest absolute Gasteiger partial charge is 0.493 e. The molecule has 0 spiro atoms. The monoisotopic (exact) mass is 385 g/mol. The summed E-state index contributed by atoms with van der Waals surface area (Å²) in [5.41, 5.74) is 8.99. The molecule has 3 atom stereocenters. The summed E-state index contributed by atoms with van der Waals surface area (Å²) >= 11 is 0. The van der Waals surface area contributed by atoms with Crippen LogP contribution in [0.5, 0.6) is 11.5 Å². The molecule has 2 heterocycles. The molecule has 5 nitrogen and oxygen atoms in total. The number of nitrogens with zero attached hydrogens (tertiary/aromatic N) is 1. The van der Waals surface area contributed by atoms with E-state index in [-0.39, 0.29) is 11.9 Å². The molecule has 0 saturated carbocycles. The van der Waals surface area contributed by atoms with Crippen LogP contribution in [0.3, 0.4) is 0 Å². The number of benzene rings is 2. The van der Waals surface area contributed by atoms with Gasteiger partial charge in [0.1, 0.15) is 5.82 Å². The Morgan fingerprint density at radius 1 is 1.11 bits per heavy atom. The van der Waals surface area contributed by atoms with Crippen LogP contribution in [-0.2, 0) is 0 Å². The van der Waals surface area contributed by atoms with E-state index in [4.69, 9.17) is 9.47 Å². The number of ether oxygens (including phenoxy) is 2. The van der Waals surface area contributed by atoms with Gasteiger partial charge in [-0.15, -0.1) is 0 Å². The van der Waals surface area contributed by atoms with Crippen LogP contribution >= 0.6 is 0 Å². The van der Waals surface area contributed by atoms with Gasteiger partial charge >= 0.3 is 0 Å². The average molecular weight is 385 g/mol. The molecule has 0 radical (unpaired) electrons. The first kappa shape index (κ1) is 19.2. The van der Waals surface area contributed by atoms with Gasteiger partial charge in [-0.2, -0.15) is 0 Å². The second-order valence-electron chi connectivity index (χ2n) is 7.64. The molecule has 2 aliphatic heterocycles. The van der Waals surface area contributed by atoms with E-state index in [2.05, 4.69) is 21.8 Å². The molecule has 0 aliphatic carbocycles. The van der Waals surface area contributed by atoms with Crippen molar-refractivity contribution in [3.63, 3.8) is 0 Å². The van der Waals surface area contributed by atoms with Gasteiger partial charge in [0.25, 0.3) is 0 Å². The minimum atomic E-state index is -0.194. The van der Waals surface area contributed by atoms with E-state index < -0.39 is 0 Å². The van der Waals surface area contributed by atoms with E-state index in [1.54, 1.807) is 14.2 Å². The van der Waals surface area contributed by atoms with E-state index in [1.165, 1.54) is 17.7 Å². The second-order valence-corrected chi connectivity index (χ2v) is 7.64. The Bertz CT molecular complexity index is 799. The number of rotatable bonds is 6. The van der Waals surface area contributed by atoms with Crippen LogP contribution in [0.15, 0.2) is 42.5 Å². The maximum absolute atomic E-state index is 13.3. The van der Waals surface area contributed by atoms with Crippen LogP contribution < -0.4 is 20.3 Å². The summed E-state index contributed by atoms with van der Waals surface area (Å²) in [6.45, 7) is 3.99. The Labute approximate surface area is 165 Å². The molecule has 28 heavy (non-hydrogen) atoms. The summed E-state index contributed by atoms with van der Waals surface area (Å²) in [6, 6.07) is 13.1. The van der Waals surface area contributed by atoms with Crippen molar-refractivity contribution in [2.45, 2.75) is 18.4 Å². The number of hydrogen-bond acceptors (Lipinski definition) is 5. The Hall–Kier alpha value is -2.15. The molecular formula is C22H28FN3O2. The normalized spacial score (nSPS) is 25.2. The lowest BCUT2D eigenvalue weighted by molar-refractivity contribution is 0.267. The van der Waals surface area contributed by atoms with Gasteiger partial charge in [0.2, 0.25) is 0 Å². The van der Waals surface area contributed by atoms with E-state index in [1.807, 2.05) is 24.3 Å². The third kappa shape index (κ3) is 3.85. The van der Waals surface area contributed by atoms with Crippen molar-refractivity contribution in [2.24, 2.45) is 5.92 Å². The highest BCUT2D eigenvalue weighted by Gasteiger charge is 2.33. The average Bonchev–Trinajstić information content (AvgIpc) is 3.38. The number of methoxy groups -OCH3 is 2. The Balaban J connectivity index is 1.43. The first-order chi connectivity index (χ1) is 13.7.